The van der Waals surface area contributed by atoms with Crippen LogP contribution in [0.1, 0.15) is 18.5 Å². The minimum absolute atomic E-state index is 0.132. The van der Waals surface area contributed by atoms with Crippen LogP contribution in [0.3, 0.4) is 0 Å². The van der Waals surface area contributed by atoms with Crippen molar-refractivity contribution in [1.82, 2.24) is 0 Å². The summed E-state index contributed by atoms with van der Waals surface area (Å²) in [6.07, 6.45) is 0. The van der Waals surface area contributed by atoms with Crippen molar-refractivity contribution in [3.8, 4) is 11.5 Å². The average Bonchev–Trinajstić information content (AvgIpc) is 2.60. The monoisotopic (exact) mass is 325 g/mol. The number of fused-ring (bicyclic) bond motifs is 4. The van der Waals surface area contributed by atoms with Gasteiger partial charge in [-0.1, -0.05) is 30.3 Å². The van der Waals surface area contributed by atoms with Crippen molar-refractivity contribution >= 4 is 17.6 Å². The third-order valence-electron chi connectivity index (χ3n) is 4.18. The number of para-hydroxylation sites is 3. The number of benzene rings is 2. The highest BCUT2D eigenvalue weighted by molar-refractivity contribution is 6.08. The Bertz CT molecular complexity index is 834. The van der Waals surface area contributed by atoms with Crippen molar-refractivity contribution in [1.29, 1.82) is 0 Å². The Morgan fingerprint density at radius 1 is 1.17 bits per heavy atom. The number of nitrogens with one attached hydrogen (secondary N) is 1. The van der Waals surface area contributed by atoms with Gasteiger partial charge in [0.2, 0.25) is 0 Å². The molecule has 4 rings (SSSR count). The second-order valence-corrected chi connectivity index (χ2v) is 5.56. The first-order valence-corrected chi connectivity index (χ1v) is 7.70. The van der Waals surface area contributed by atoms with Crippen LogP contribution in [0, 0.1) is 0 Å². The van der Waals surface area contributed by atoms with Crippen LogP contribution >= 0.6 is 0 Å². The summed E-state index contributed by atoms with van der Waals surface area (Å²) in [6, 6.07) is 13.5. The molecular formula is C18H15NO5. The van der Waals surface area contributed by atoms with E-state index in [0.29, 0.717) is 22.7 Å². The maximum Gasteiger partial charge on any atom is 0.370 e. The molecule has 24 heavy (non-hydrogen) atoms. The summed E-state index contributed by atoms with van der Waals surface area (Å²) in [7, 11) is 0. The zero-order valence-electron chi connectivity index (χ0n) is 12.9. The summed E-state index contributed by atoms with van der Waals surface area (Å²) in [5.74, 6) is -0.746. The molecule has 0 unspecified atom stereocenters. The zero-order chi connectivity index (χ0) is 16.7. The van der Waals surface area contributed by atoms with E-state index < -0.39 is 23.6 Å². The van der Waals surface area contributed by atoms with Gasteiger partial charge in [-0.2, -0.15) is 0 Å². The molecule has 0 saturated carbocycles. The van der Waals surface area contributed by atoms with Crippen molar-refractivity contribution in [2.45, 2.75) is 18.6 Å². The summed E-state index contributed by atoms with van der Waals surface area (Å²) in [6.45, 7) is 1.81. The maximum absolute atomic E-state index is 12.8. The number of anilines is 1. The van der Waals surface area contributed by atoms with Crippen LogP contribution in [0.15, 0.2) is 48.5 Å². The van der Waals surface area contributed by atoms with Gasteiger partial charge in [-0.15, -0.1) is 0 Å². The second-order valence-electron chi connectivity index (χ2n) is 5.56. The molecule has 0 saturated heterocycles. The Balaban J connectivity index is 1.92. The molecule has 122 valence electrons. The lowest BCUT2D eigenvalue weighted by atomic mass is 9.83. The number of hydrogen-bond acceptors (Lipinski definition) is 6. The fourth-order valence-corrected chi connectivity index (χ4v) is 3.09. The van der Waals surface area contributed by atoms with E-state index in [1.165, 1.54) is 0 Å². The van der Waals surface area contributed by atoms with Gasteiger partial charge in [0.25, 0.3) is 0 Å². The van der Waals surface area contributed by atoms with E-state index in [9.17, 15) is 9.59 Å². The van der Waals surface area contributed by atoms with Gasteiger partial charge in [0.1, 0.15) is 17.5 Å². The largest absolute Gasteiger partial charge is 0.462 e. The summed E-state index contributed by atoms with van der Waals surface area (Å²) in [5, 5.41) is 3.24. The number of hydrogen-bond donors (Lipinski definition) is 1. The highest BCUT2D eigenvalue weighted by Crippen LogP contribution is 2.48. The molecule has 0 bridgehead atoms. The average molecular weight is 325 g/mol. The molecule has 2 aliphatic heterocycles. The van der Waals surface area contributed by atoms with Crippen LogP contribution in [0.4, 0.5) is 5.69 Å². The molecule has 2 aliphatic rings. The van der Waals surface area contributed by atoms with Crippen LogP contribution in [0.2, 0.25) is 0 Å². The first-order chi connectivity index (χ1) is 11.7. The van der Waals surface area contributed by atoms with E-state index >= 15 is 0 Å². The smallest absolute Gasteiger partial charge is 0.370 e. The second kappa shape index (κ2) is 5.26. The lowest BCUT2D eigenvalue weighted by molar-refractivity contribution is -0.179. The lowest BCUT2D eigenvalue weighted by Gasteiger charge is -2.44. The van der Waals surface area contributed by atoms with E-state index in [2.05, 4.69) is 5.32 Å². The number of carbonyl (C=O) groups excluding carboxylic acids is 2. The van der Waals surface area contributed by atoms with E-state index in [4.69, 9.17) is 14.2 Å². The fraction of sp³-hybridized carbons (Fsp3) is 0.222. The number of ether oxygens (including phenoxy) is 3. The molecule has 2 atom stereocenters. The van der Waals surface area contributed by atoms with Crippen LogP contribution in [-0.2, 0) is 14.3 Å². The summed E-state index contributed by atoms with van der Waals surface area (Å²) >= 11 is 0. The van der Waals surface area contributed by atoms with Crippen LogP contribution in [0.25, 0.3) is 0 Å². The summed E-state index contributed by atoms with van der Waals surface area (Å²) < 4.78 is 16.4. The first kappa shape index (κ1) is 14.6. The highest BCUT2D eigenvalue weighted by Gasteiger charge is 2.63. The quantitative estimate of drug-likeness (QED) is 0.519. The third kappa shape index (κ3) is 1.89. The Morgan fingerprint density at radius 2 is 1.88 bits per heavy atom. The predicted octanol–water partition coefficient (Wildman–Crippen LogP) is 2.45. The van der Waals surface area contributed by atoms with Crippen LogP contribution in [-0.4, -0.2) is 24.1 Å². The van der Waals surface area contributed by atoms with Gasteiger partial charge in [-0.25, -0.2) is 9.59 Å². The highest BCUT2D eigenvalue weighted by atomic mass is 16.6. The van der Waals surface area contributed by atoms with Gasteiger partial charge in [0.05, 0.1) is 12.3 Å². The van der Waals surface area contributed by atoms with Gasteiger partial charge in [-0.05, 0) is 25.1 Å². The Morgan fingerprint density at radius 3 is 2.67 bits per heavy atom. The molecule has 0 radical (unpaired) electrons. The molecule has 2 aromatic carbocycles. The van der Waals surface area contributed by atoms with Gasteiger partial charge < -0.3 is 19.5 Å². The van der Waals surface area contributed by atoms with Crippen LogP contribution in [0.5, 0.6) is 11.5 Å². The van der Waals surface area contributed by atoms with E-state index in [0.717, 1.165) is 0 Å². The topological polar surface area (TPSA) is 73.9 Å². The molecule has 0 aromatic heterocycles. The van der Waals surface area contributed by atoms with Gasteiger partial charge in [0.15, 0.2) is 0 Å². The third-order valence-corrected chi connectivity index (χ3v) is 4.18. The Hall–Kier alpha value is -3.02. The van der Waals surface area contributed by atoms with Gasteiger partial charge in [-0.3, -0.25) is 0 Å². The Kier molecular flexibility index (Phi) is 3.19. The fourth-order valence-electron chi connectivity index (χ4n) is 3.09. The Labute approximate surface area is 138 Å². The summed E-state index contributed by atoms with van der Waals surface area (Å²) in [4.78, 5) is 25.4. The van der Waals surface area contributed by atoms with Gasteiger partial charge in [0, 0.05) is 5.56 Å². The zero-order valence-corrected chi connectivity index (χ0v) is 12.9. The molecule has 2 heterocycles. The van der Waals surface area contributed by atoms with Crippen molar-refractivity contribution < 1.29 is 23.8 Å². The molecule has 6 nitrogen and oxygen atoms in total. The molecule has 0 fully saturated rings. The molecule has 2 aromatic rings. The maximum atomic E-state index is 12.8. The van der Waals surface area contributed by atoms with E-state index in [1.54, 1.807) is 37.3 Å². The molecular weight excluding hydrogens is 310 g/mol. The number of esters is 2. The first-order valence-electron chi connectivity index (χ1n) is 7.70. The van der Waals surface area contributed by atoms with Crippen molar-refractivity contribution in [3.05, 3.63) is 54.1 Å². The molecule has 0 amide bonds. The SMILES string of the molecule is CCOC(=O)[C@@]12Oc3ccccc3N[C@@H]1c1ccccc1OC2=O. The standard InChI is InChI=1S/C18H15NO5/c1-2-22-16(20)18-15(19-12-8-4-6-10-14(12)24-18)11-7-3-5-9-13(11)23-17(18)21/h3-10,15,19H,2H2,1H3/t15-,18+/m1/s1. The molecule has 6 heteroatoms. The van der Waals surface area contributed by atoms with Gasteiger partial charge >= 0.3 is 17.5 Å². The number of carbonyl (C=O) groups is 2. The molecule has 0 spiro atoms. The predicted molar refractivity (Wildman–Crippen MR) is 84.9 cm³/mol. The minimum Gasteiger partial charge on any atom is -0.462 e. The lowest BCUT2D eigenvalue weighted by Crippen LogP contribution is -2.63. The minimum atomic E-state index is -1.90. The van der Waals surface area contributed by atoms with Crippen molar-refractivity contribution in [3.63, 3.8) is 0 Å². The number of rotatable bonds is 2. The van der Waals surface area contributed by atoms with E-state index in [-0.39, 0.29) is 6.61 Å². The summed E-state index contributed by atoms with van der Waals surface area (Å²) in [5.41, 5.74) is -0.537. The molecule has 1 N–H and O–H groups in total. The van der Waals surface area contributed by atoms with Crippen molar-refractivity contribution in [2.75, 3.05) is 11.9 Å². The van der Waals surface area contributed by atoms with E-state index in [1.807, 2.05) is 18.2 Å². The molecule has 0 aliphatic carbocycles. The van der Waals surface area contributed by atoms with Crippen molar-refractivity contribution in [2.24, 2.45) is 0 Å². The normalized spacial score (nSPS) is 23.5. The van der Waals surface area contributed by atoms with Crippen LogP contribution < -0.4 is 14.8 Å².